The molecule has 1 N–H and O–H groups in total. The summed E-state index contributed by atoms with van der Waals surface area (Å²) in [6, 6.07) is 5.34. The Hall–Kier alpha value is -1.03. The second-order valence-corrected chi connectivity index (χ2v) is 4.35. The lowest BCUT2D eigenvalue weighted by molar-refractivity contribution is -0.117. The van der Waals surface area contributed by atoms with Gasteiger partial charge in [0.1, 0.15) is 5.82 Å². The molecule has 1 heterocycles. The quantitative estimate of drug-likeness (QED) is 0.707. The Kier molecular flexibility index (Phi) is 2.93. The first-order valence-corrected chi connectivity index (χ1v) is 4.40. The number of carbonyl (C=O) groups excluding carboxylic acids is 1. The monoisotopic (exact) mass is 196 g/mol. The predicted octanol–water partition coefficient (Wildman–Crippen LogP) is 1.73. The maximum atomic E-state index is 11.4. The second-order valence-electron chi connectivity index (χ2n) is 3.23. The summed E-state index contributed by atoms with van der Waals surface area (Å²) < 4.78 is -0.683. The van der Waals surface area contributed by atoms with Crippen molar-refractivity contribution < 1.29 is 4.79 Å². The Balaban J connectivity index is 2.66. The van der Waals surface area contributed by atoms with Crippen LogP contribution in [0.3, 0.4) is 0 Å². The van der Waals surface area contributed by atoms with E-state index in [0.717, 1.165) is 0 Å². The van der Waals surface area contributed by atoms with Crippen LogP contribution < -0.4 is 5.32 Å². The molecule has 3 nitrogen and oxygen atoms in total. The molecule has 0 aromatic carbocycles. The van der Waals surface area contributed by atoms with Crippen molar-refractivity contribution in [1.29, 1.82) is 0 Å². The Morgan fingerprint density at radius 3 is 2.69 bits per heavy atom. The third-order valence-corrected chi connectivity index (χ3v) is 1.67. The zero-order valence-electron chi connectivity index (χ0n) is 7.61. The van der Waals surface area contributed by atoms with Crippen molar-refractivity contribution in [2.75, 3.05) is 5.32 Å². The number of anilines is 1. The van der Waals surface area contributed by atoms with Gasteiger partial charge in [-0.1, -0.05) is 6.07 Å². The zero-order valence-corrected chi connectivity index (χ0v) is 8.51. The number of nitrogens with zero attached hydrogens (tertiary/aromatic N) is 1. The molecule has 70 valence electrons. The highest BCUT2D eigenvalue weighted by Gasteiger charge is 2.22. The standard InChI is InChI=1S/C9H12N2OS/c1-9(2,13)8(12)11-7-5-3-4-6-10-7/h3-6,13H,1-2H3,(H,10,11,12). The third-order valence-electron chi connectivity index (χ3n) is 1.46. The smallest absolute Gasteiger partial charge is 0.240 e. The first kappa shape index (κ1) is 10.1. The number of thiol groups is 1. The summed E-state index contributed by atoms with van der Waals surface area (Å²) in [6.07, 6.45) is 1.63. The number of rotatable bonds is 2. The van der Waals surface area contributed by atoms with Gasteiger partial charge >= 0.3 is 0 Å². The van der Waals surface area contributed by atoms with Gasteiger partial charge in [0.15, 0.2) is 0 Å². The van der Waals surface area contributed by atoms with E-state index in [0.29, 0.717) is 5.82 Å². The summed E-state index contributed by atoms with van der Waals surface area (Å²) in [5.74, 6) is 0.393. The molecule has 4 heteroatoms. The van der Waals surface area contributed by atoms with E-state index in [1.165, 1.54) is 0 Å². The fourth-order valence-electron chi connectivity index (χ4n) is 0.706. The van der Waals surface area contributed by atoms with Crippen molar-refractivity contribution in [3.63, 3.8) is 0 Å². The molecule has 1 aromatic heterocycles. The average Bonchev–Trinajstić information content (AvgIpc) is 2.04. The van der Waals surface area contributed by atoms with E-state index in [1.54, 1.807) is 32.2 Å². The van der Waals surface area contributed by atoms with Crippen molar-refractivity contribution in [2.24, 2.45) is 0 Å². The number of aromatic nitrogens is 1. The van der Waals surface area contributed by atoms with Crippen molar-refractivity contribution >= 4 is 24.4 Å². The number of amides is 1. The molecule has 0 bridgehead atoms. The molecule has 0 aliphatic rings. The van der Waals surface area contributed by atoms with Crippen LogP contribution in [0, 0.1) is 0 Å². The van der Waals surface area contributed by atoms with Crippen LogP contribution in [0.4, 0.5) is 5.82 Å². The Morgan fingerprint density at radius 1 is 1.54 bits per heavy atom. The molecular weight excluding hydrogens is 184 g/mol. The Morgan fingerprint density at radius 2 is 2.23 bits per heavy atom. The number of pyridine rings is 1. The summed E-state index contributed by atoms with van der Waals surface area (Å²) in [5.41, 5.74) is 0. The van der Waals surface area contributed by atoms with Crippen LogP contribution in [0.25, 0.3) is 0 Å². The number of hydrogen-bond donors (Lipinski definition) is 2. The maximum Gasteiger partial charge on any atom is 0.240 e. The Bertz CT molecular complexity index is 292. The van der Waals surface area contributed by atoms with E-state index in [1.807, 2.05) is 6.07 Å². The van der Waals surface area contributed by atoms with Crippen LogP contribution in [0.2, 0.25) is 0 Å². The van der Waals surface area contributed by atoms with Crippen LogP contribution in [-0.2, 0) is 4.79 Å². The maximum absolute atomic E-state index is 11.4. The summed E-state index contributed by atoms with van der Waals surface area (Å²) in [7, 11) is 0. The molecule has 0 saturated heterocycles. The van der Waals surface area contributed by atoms with Crippen LogP contribution in [0.15, 0.2) is 24.4 Å². The lowest BCUT2D eigenvalue weighted by atomic mass is 10.2. The Labute approximate surface area is 83.0 Å². The zero-order chi connectivity index (χ0) is 9.90. The molecule has 0 spiro atoms. The minimum Gasteiger partial charge on any atom is -0.310 e. The number of carbonyl (C=O) groups is 1. The highest BCUT2D eigenvalue weighted by molar-refractivity contribution is 7.82. The first-order valence-electron chi connectivity index (χ1n) is 3.95. The van der Waals surface area contributed by atoms with Gasteiger partial charge in [-0.3, -0.25) is 4.79 Å². The lowest BCUT2D eigenvalue weighted by Crippen LogP contribution is -2.31. The normalized spacial score (nSPS) is 11.0. The minimum absolute atomic E-state index is 0.158. The molecule has 0 unspecified atom stereocenters. The van der Waals surface area contributed by atoms with Gasteiger partial charge in [0, 0.05) is 6.20 Å². The fraction of sp³-hybridized carbons (Fsp3) is 0.333. The SMILES string of the molecule is CC(C)(S)C(=O)Nc1ccccn1. The average molecular weight is 196 g/mol. The molecule has 1 rings (SSSR count). The summed E-state index contributed by atoms with van der Waals surface area (Å²) in [6.45, 7) is 3.46. The first-order chi connectivity index (χ1) is 6.00. The van der Waals surface area contributed by atoms with E-state index in [2.05, 4.69) is 22.9 Å². The molecule has 0 aliphatic carbocycles. The molecule has 0 radical (unpaired) electrons. The number of nitrogens with one attached hydrogen (secondary N) is 1. The van der Waals surface area contributed by atoms with Gasteiger partial charge in [-0.25, -0.2) is 4.98 Å². The largest absolute Gasteiger partial charge is 0.310 e. The van der Waals surface area contributed by atoms with Gasteiger partial charge in [-0.2, -0.15) is 12.6 Å². The third kappa shape index (κ3) is 3.06. The van der Waals surface area contributed by atoms with Gasteiger partial charge in [0.2, 0.25) is 5.91 Å². The van der Waals surface area contributed by atoms with E-state index in [4.69, 9.17) is 0 Å². The minimum atomic E-state index is -0.683. The molecule has 0 atom stereocenters. The van der Waals surface area contributed by atoms with E-state index in [9.17, 15) is 4.79 Å². The van der Waals surface area contributed by atoms with Crippen LogP contribution in [0.5, 0.6) is 0 Å². The molecular formula is C9H12N2OS. The molecule has 0 aliphatic heterocycles. The topological polar surface area (TPSA) is 42.0 Å². The lowest BCUT2D eigenvalue weighted by Gasteiger charge is -2.15. The van der Waals surface area contributed by atoms with Crippen molar-refractivity contribution in [1.82, 2.24) is 4.98 Å². The van der Waals surface area contributed by atoms with Crippen molar-refractivity contribution in [3.8, 4) is 0 Å². The van der Waals surface area contributed by atoms with Crippen LogP contribution in [-0.4, -0.2) is 15.6 Å². The molecule has 1 amide bonds. The molecule has 1 aromatic rings. The van der Waals surface area contributed by atoms with Crippen molar-refractivity contribution in [2.45, 2.75) is 18.6 Å². The second kappa shape index (κ2) is 3.79. The van der Waals surface area contributed by atoms with Crippen molar-refractivity contribution in [3.05, 3.63) is 24.4 Å². The van der Waals surface area contributed by atoms with Crippen LogP contribution in [0.1, 0.15) is 13.8 Å². The predicted molar refractivity (Wildman–Crippen MR) is 55.9 cm³/mol. The fourth-order valence-corrected chi connectivity index (χ4v) is 0.762. The van der Waals surface area contributed by atoms with E-state index in [-0.39, 0.29) is 5.91 Å². The molecule has 0 saturated carbocycles. The van der Waals surface area contributed by atoms with Gasteiger partial charge in [-0.05, 0) is 26.0 Å². The van der Waals surface area contributed by atoms with Gasteiger partial charge in [-0.15, -0.1) is 0 Å². The summed E-state index contributed by atoms with van der Waals surface area (Å²) in [4.78, 5) is 15.4. The van der Waals surface area contributed by atoms with Gasteiger partial charge < -0.3 is 5.32 Å². The summed E-state index contributed by atoms with van der Waals surface area (Å²) >= 11 is 4.14. The molecule has 0 fully saturated rings. The highest BCUT2D eigenvalue weighted by atomic mass is 32.1. The van der Waals surface area contributed by atoms with E-state index >= 15 is 0 Å². The molecule has 13 heavy (non-hydrogen) atoms. The summed E-state index contributed by atoms with van der Waals surface area (Å²) in [5, 5.41) is 2.66. The van der Waals surface area contributed by atoms with E-state index < -0.39 is 4.75 Å². The van der Waals surface area contributed by atoms with Gasteiger partial charge in [0.05, 0.1) is 4.75 Å². The van der Waals surface area contributed by atoms with Gasteiger partial charge in [0.25, 0.3) is 0 Å². The van der Waals surface area contributed by atoms with Crippen LogP contribution >= 0.6 is 12.6 Å². The number of hydrogen-bond acceptors (Lipinski definition) is 3. The highest BCUT2D eigenvalue weighted by Crippen LogP contribution is 2.14.